The lowest BCUT2D eigenvalue weighted by Crippen LogP contribution is -2.44. The van der Waals surface area contributed by atoms with Crippen molar-refractivity contribution in [1.29, 1.82) is 0 Å². The van der Waals surface area contributed by atoms with Crippen molar-refractivity contribution in [2.24, 2.45) is 0 Å². The van der Waals surface area contributed by atoms with Crippen molar-refractivity contribution in [2.45, 2.75) is 19.3 Å². The second-order valence-electron chi connectivity index (χ2n) is 3.81. The highest BCUT2D eigenvalue weighted by Crippen LogP contribution is 2.11. The molecule has 2 N–H and O–H groups in total. The van der Waals surface area contributed by atoms with Gasteiger partial charge in [-0.05, 0) is 12.8 Å². The fourth-order valence-electron chi connectivity index (χ4n) is 1.60. The lowest BCUT2D eigenvalue weighted by atomic mass is 10.2. The predicted octanol–water partition coefficient (Wildman–Crippen LogP) is -0.592. The summed E-state index contributed by atoms with van der Waals surface area (Å²) in [4.78, 5) is 10.1. The van der Waals surface area contributed by atoms with Gasteiger partial charge in [-0.1, -0.05) is 6.42 Å². The summed E-state index contributed by atoms with van der Waals surface area (Å²) in [6.07, 6.45) is 2.83. The zero-order valence-corrected chi connectivity index (χ0v) is 10.4. The topological polar surface area (TPSA) is 95.9 Å². The molecule has 0 aromatic rings. The van der Waals surface area contributed by atoms with Gasteiger partial charge < -0.3 is 9.84 Å². The van der Waals surface area contributed by atoms with Crippen molar-refractivity contribution in [3.05, 3.63) is 0 Å². The number of rotatable bonds is 7. The fraction of sp³-hybridized carbons (Fsp3) is 0.889. The molecule has 7 nitrogen and oxygen atoms in total. The van der Waals surface area contributed by atoms with E-state index in [1.807, 2.05) is 0 Å². The number of nitrogens with one attached hydrogen (secondary N) is 1. The molecule has 1 fully saturated rings. The number of carboxylic acid groups (broad SMARTS) is 1. The number of ether oxygens (including phenoxy) is 1. The summed E-state index contributed by atoms with van der Waals surface area (Å²) in [6, 6.07) is 0. The maximum Gasteiger partial charge on any atom is 0.329 e. The first-order valence-electron chi connectivity index (χ1n) is 5.56. The molecule has 0 aliphatic carbocycles. The molecule has 0 atom stereocenters. The minimum atomic E-state index is -3.43. The van der Waals surface area contributed by atoms with Crippen LogP contribution in [0.25, 0.3) is 0 Å². The van der Waals surface area contributed by atoms with E-state index in [0.29, 0.717) is 13.1 Å². The predicted molar refractivity (Wildman–Crippen MR) is 60.8 cm³/mol. The summed E-state index contributed by atoms with van der Waals surface area (Å²) in [5.74, 6) is -1.07. The second-order valence-corrected chi connectivity index (χ2v) is 5.56. The molecule has 0 saturated carbocycles. The van der Waals surface area contributed by atoms with Gasteiger partial charge in [0.2, 0.25) is 0 Å². The fourth-order valence-corrected chi connectivity index (χ4v) is 2.86. The third-order valence-electron chi connectivity index (χ3n) is 2.41. The normalized spacial score (nSPS) is 18.1. The van der Waals surface area contributed by atoms with E-state index in [2.05, 4.69) is 4.72 Å². The van der Waals surface area contributed by atoms with Gasteiger partial charge in [-0.25, -0.2) is 4.79 Å². The molecule has 0 amide bonds. The number of hydrogen-bond acceptors (Lipinski definition) is 4. The minimum Gasteiger partial charge on any atom is -0.480 e. The second kappa shape index (κ2) is 6.90. The summed E-state index contributed by atoms with van der Waals surface area (Å²) < 4.78 is 32.0. The average molecular weight is 266 g/mol. The van der Waals surface area contributed by atoms with E-state index in [0.717, 1.165) is 19.3 Å². The van der Waals surface area contributed by atoms with Crippen LogP contribution < -0.4 is 4.72 Å². The van der Waals surface area contributed by atoms with Gasteiger partial charge in [0.05, 0.1) is 6.61 Å². The molecule has 8 heteroatoms. The van der Waals surface area contributed by atoms with Gasteiger partial charge in [0.25, 0.3) is 10.2 Å². The number of hydrogen-bond donors (Lipinski definition) is 2. The highest BCUT2D eigenvalue weighted by molar-refractivity contribution is 7.87. The van der Waals surface area contributed by atoms with E-state index in [1.165, 1.54) is 4.31 Å². The summed E-state index contributed by atoms with van der Waals surface area (Å²) >= 11 is 0. The standard InChI is InChI=1S/C9H18N2O5S/c12-9(13)8-16-7-4-10-17(14,15)11-5-2-1-3-6-11/h10H,1-8H2,(H,12,13). The highest BCUT2D eigenvalue weighted by Gasteiger charge is 2.22. The number of carboxylic acids is 1. The molecule has 1 heterocycles. The van der Waals surface area contributed by atoms with E-state index in [1.54, 1.807) is 0 Å². The Morgan fingerprint density at radius 3 is 2.53 bits per heavy atom. The van der Waals surface area contributed by atoms with Crippen molar-refractivity contribution in [1.82, 2.24) is 9.03 Å². The molecule has 17 heavy (non-hydrogen) atoms. The molecule has 0 unspecified atom stereocenters. The average Bonchev–Trinajstić information content (AvgIpc) is 2.29. The van der Waals surface area contributed by atoms with E-state index in [-0.39, 0.29) is 13.2 Å². The van der Waals surface area contributed by atoms with Crippen LogP contribution in [0.1, 0.15) is 19.3 Å². The Balaban J connectivity index is 2.22. The molecule has 0 bridgehead atoms. The molecule has 1 rings (SSSR count). The Labute approximate surface area is 101 Å². The number of piperidine rings is 1. The zero-order chi connectivity index (χ0) is 12.7. The monoisotopic (exact) mass is 266 g/mol. The molecular weight excluding hydrogens is 248 g/mol. The Bertz CT molecular complexity index is 337. The summed E-state index contributed by atoms with van der Waals surface area (Å²) in [6.45, 7) is 0.827. The molecule has 0 aromatic carbocycles. The van der Waals surface area contributed by atoms with Gasteiger partial charge in [-0.15, -0.1) is 0 Å². The van der Waals surface area contributed by atoms with Gasteiger partial charge in [-0.3, -0.25) is 0 Å². The highest BCUT2D eigenvalue weighted by atomic mass is 32.2. The summed E-state index contributed by atoms with van der Waals surface area (Å²) in [7, 11) is -3.43. The Morgan fingerprint density at radius 1 is 1.29 bits per heavy atom. The van der Waals surface area contributed by atoms with Crippen LogP contribution in [0.5, 0.6) is 0 Å². The third-order valence-corrected chi connectivity index (χ3v) is 4.03. The first-order chi connectivity index (χ1) is 8.02. The first kappa shape index (κ1) is 14.4. The molecule has 0 aromatic heterocycles. The minimum absolute atomic E-state index is 0.0549. The molecule has 0 spiro atoms. The van der Waals surface area contributed by atoms with Gasteiger partial charge in [-0.2, -0.15) is 17.4 Å². The van der Waals surface area contributed by atoms with Gasteiger partial charge in [0.1, 0.15) is 6.61 Å². The van der Waals surface area contributed by atoms with Crippen LogP contribution in [0.4, 0.5) is 0 Å². The van der Waals surface area contributed by atoms with Crippen LogP contribution in [-0.4, -0.2) is 56.6 Å². The molecule has 1 saturated heterocycles. The van der Waals surface area contributed by atoms with Crippen molar-refractivity contribution in [3.8, 4) is 0 Å². The van der Waals surface area contributed by atoms with Crippen molar-refractivity contribution in [3.63, 3.8) is 0 Å². The van der Waals surface area contributed by atoms with Gasteiger partial charge >= 0.3 is 5.97 Å². The molecule has 0 radical (unpaired) electrons. The van der Waals surface area contributed by atoms with Crippen LogP contribution in [0.3, 0.4) is 0 Å². The number of carbonyl (C=O) groups is 1. The SMILES string of the molecule is O=C(O)COCCNS(=O)(=O)N1CCCCC1. The van der Waals surface area contributed by atoms with E-state index < -0.39 is 22.8 Å². The van der Waals surface area contributed by atoms with Gasteiger partial charge in [0, 0.05) is 19.6 Å². The smallest absolute Gasteiger partial charge is 0.329 e. The zero-order valence-electron chi connectivity index (χ0n) is 9.59. The maximum atomic E-state index is 11.7. The Kier molecular flexibility index (Phi) is 5.83. The Morgan fingerprint density at radius 2 is 1.94 bits per heavy atom. The number of aliphatic carboxylic acids is 1. The largest absolute Gasteiger partial charge is 0.480 e. The van der Waals surface area contributed by atoms with Crippen LogP contribution >= 0.6 is 0 Å². The van der Waals surface area contributed by atoms with E-state index in [4.69, 9.17) is 9.84 Å². The van der Waals surface area contributed by atoms with Crippen LogP contribution in [-0.2, 0) is 19.7 Å². The maximum absolute atomic E-state index is 11.7. The molecule has 100 valence electrons. The summed E-state index contributed by atoms with van der Waals surface area (Å²) in [5, 5.41) is 8.30. The van der Waals surface area contributed by atoms with E-state index in [9.17, 15) is 13.2 Å². The Hall–Kier alpha value is -0.700. The molecule has 1 aliphatic heterocycles. The molecular formula is C9H18N2O5S. The first-order valence-corrected chi connectivity index (χ1v) is 7.00. The third kappa shape index (κ3) is 5.44. The quantitative estimate of drug-likeness (QED) is 0.600. The van der Waals surface area contributed by atoms with Crippen molar-refractivity contribution >= 4 is 16.2 Å². The van der Waals surface area contributed by atoms with Crippen LogP contribution in [0, 0.1) is 0 Å². The van der Waals surface area contributed by atoms with Crippen molar-refractivity contribution < 1.29 is 23.1 Å². The molecule has 1 aliphatic rings. The van der Waals surface area contributed by atoms with Crippen LogP contribution in [0.2, 0.25) is 0 Å². The summed E-state index contributed by atoms with van der Waals surface area (Å²) in [5.41, 5.74) is 0. The lowest BCUT2D eigenvalue weighted by Gasteiger charge is -2.25. The number of nitrogens with zero attached hydrogens (tertiary/aromatic N) is 1. The van der Waals surface area contributed by atoms with Crippen LogP contribution in [0.15, 0.2) is 0 Å². The van der Waals surface area contributed by atoms with Gasteiger partial charge in [0.15, 0.2) is 0 Å². The van der Waals surface area contributed by atoms with E-state index >= 15 is 0 Å². The van der Waals surface area contributed by atoms with Crippen molar-refractivity contribution in [2.75, 3.05) is 32.8 Å². The lowest BCUT2D eigenvalue weighted by molar-refractivity contribution is -0.142.